The van der Waals surface area contributed by atoms with Crippen molar-refractivity contribution in [3.8, 4) is 5.75 Å². The van der Waals surface area contributed by atoms with E-state index in [0.29, 0.717) is 12.1 Å². The van der Waals surface area contributed by atoms with Gasteiger partial charge < -0.3 is 10.1 Å². The van der Waals surface area contributed by atoms with E-state index in [2.05, 4.69) is 42.3 Å². The summed E-state index contributed by atoms with van der Waals surface area (Å²) in [6, 6.07) is 7.25. The number of fused-ring (bicyclic) bond motifs is 1. The van der Waals surface area contributed by atoms with E-state index in [1.807, 2.05) is 0 Å². The summed E-state index contributed by atoms with van der Waals surface area (Å²) in [4.78, 5) is 2.65. The molecular weight excluding hydrogens is 260 g/mol. The Morgan fingerprint density at radius 1 is 1.38 bits per heavy atom. The van der Waals surface area contributed by atoms with Crippen LogP contribution < -0.4 is 10.1 Å². The predicted molar refractivity (Wildman–Crippen MR) is 87.1 cm³/mol. The molecule has 1 aromatic carbocycles. The van der Waals surface area contributed by atoms with Crippen LogP contribution in [0.25, 0.3) is 0 Å². The molecule has 0 spiro atoms. The largest absolute Gasteiger partial charge is 0.488 e. The number of hydrogen-bond donors (Lipinski definition) is 1. The summed E-state index contributed by atoms with van der Waals surface area (Å²) >= 11 is 0. The lowest BCUT2D eigenvalue weighted by Gasteiger charge is -2.35. The highest BCUT2D eigenvalue weighted by Gasteiger charge is 2.28. The summed E-state index contributed by atoms with van der Waals surface area (Å²) < 4.78 is 6.17. The van der Waals surface area contributed by atoms with Crippen molar-refractivity contribution < 1.29 is 4.74 Å². The molecule has 2 aliphatic heterocycles. The summed E-state index contributed by atoms with van der Waals surface area (Å²) in [5.74, 6) is 1.10. The maximum absolute atomic E-state index is 6.17. The third-order valence-corrected chi connectivity index (χ3v) is 4.69. The minimum Gasteiger partial charge on any atom is -0.488 e. The Balaban J connectivity index is 1.61. The van der Waals surface area contributed by atoms with Crippen molar-refractivity contribution in [1.82, 2.24) is 10.2 Å². The van der Waals surface area contributed by atoms with Crippen LogP contribution in [0.3, 0.4) is 0 Å². The topological polar surface area (TPSA) is 24.5 Å². The smallest absolute Gasteiger partial charge is 0.123 e. The van der Waals surface area contributed by atoms with Gasteiger partial charge in [-0.25, -0.2) is 0 Å². The predicted octanol–water partition coefficient (Wildman–Crippen LogP) is 2.76. The Kier molecular flexibility index (Phi) is 4.81. The molecule has 21 heavy (non-hydrogen) atoms. The first kappa shape index (κ1) is 14.9. The first-order chi connectivity index (χ1) is 10.3. The van der Waals surface area contributed by atoms with Crippen molar-refractivity contribution in [2.75, 3.05) is 26.2 Å². The van der Waals surface area contributed by atoms with Crippen molar-refractivity contribution >= 4 is 0 Å². The molecule has 2 atom stereocenters. The van der Waals surface area contributed by atoms with Gasteiger partial charge in [-0.2, -0.15) is 0 Å². The lowest BCUT2D eigenvalue weighted by molar-refractivity contribution is 0.102. The van der Waals surface area contributed by atoms with Gasteiger partial charge in [-0.15, -0.1) is 0 Å². The van der Waals surface area contributed by atoms with Crippen molar-refractivity contribution in [3.63, 3.8) is 0 Å². The molecule has 3 nitrogen and oxygen atoms in total. The van der Waals surface area contributed by atoms with E-state index in [9.17, 15) is 0 Å². The molecule has 2 heterocycles. The monoisotopic (exact) mass is 288 g/mol. The first-order valence-corrected chi connectivity index (χ1v) is 8.47. The van der Waals surface area contributed by atoms with E-state index < -0.39 is 0 Å². The molecule has 2 unspecified atom stereocenters. The number of hydrogen-bond acceptors (Lipinski definition) is 3. The molecule has 3 rings (SSSR count). The Hall–Kier alpha value is -1.06. The molecule has 0 radical (unpaired) electrons. The number of aryl methyl sites for hydroxylation is 1. The molecule has 3 heteroatoms. The molecule has 0 aliphatic carbocycles. The van der Waals surface area contributed by atoms with Gasteiger partial charge in [-0.05, 0) is 50.9 Å². The Labute approximate surface area is 128 Å². The summed E-state index contributed by atoms with van der Waals surface area (Å²) in [7, 11) is 0. The van der Waals surface area contributed by atoms with E-state index in [1.54, 1.807) is 0 Å². The van der Waals surface area contributed by atoms with Gasteiger partial charge in [0, 0.05) is 25.6 Å². The minimum absolute atomic E-state index is 0.329. The van der Waals surface area contributed by atoms with Gasteiger partial charge in [-0.1, -0.05) is 24.6 Å². The molecule has 0 amide bonds. The number of piperidine rings is 1. The number of benzene rings is 1. The van der Waals surface area contributed by atoms with Gasteiger partial charge in [0.1, 0.15) is 11.9 Å². The van der Waals surface area contributed by atoms with Gasteiger partial charge in [0.05, 0.1) is 0 Å². The average Bonchev–Trinajstić information content (AvgIpc) is 2.89. The maximum Gasteiger partial charge on any atom is 0.123 e. The van der Waals surface area contributed by atoms with Gasteiger partial charge in [0.15, 0.2) is 0 Å². The van der Waals surface area contributed by atoms with Gasteiger partial charge >= 0.3 is 0 Å². The number of nitrogens with one attached hydrogen (secondary N) is 1. The highest BCUT2D eigenvalue weighted by molar-refractivity contribution is 5.40. The van der Waals surface area contributed by atoms with Crippen LogP contribution >= 0.6 is 0 Å². The SMILES string of the molecule is CCCN(CC1Cc2cc(C)ccc2O1)C1CCCNC1. The lowest BCUT2D eigenvalue weighted by atomic mass is 10.0. The van der Waals surface area contributed by atoms with Crippen LogP contribution in [0.1, 0.15) is 37.3 Å². The second kappa shape index (κ2) is 6.80. The van der Waals surface area contributed by atoms with Crippen molar-refractivity contribution in [3.05, 3.63) is 29.3 Å². The van der Waals surface area contributed by atoms with Crippen LogP contribution in [-0.4, -0.2) is 43.2 Å². The van der Waals surface area contributed by atoms with E-state index in [0.717, 1.165) is 25.3 Å². The first-order valence-electron chi connectivity index (χ1n) is 8.47. The number of rotatable bonds is 5. The summed E-state index contributed by atoms with van der Waals surface area (Å²) in [5.41, 5.74) is 2.72. The molecule has 1 aromatic rings. The van der Waals surface area contributed by atoms with Crippen molar-refractivity contribution in [2.24, 2.45) is 0 Å². The molecule has 0 saturated carbocycles. The molecule has 2 aliphatic rings. The zero-order valence-corrected chi connectivity index (χ0v) is 13.4. The van der Waals surface area contributed by atoms with Crippen LogP contribution in [0, 0.1) is 6.92 Å². The van der Waals surface area contributed by atoms with E-state index in [-0.39, 0.29) is 0 Å². The summed E-state index contributed by atoms with van der Waals surface area (Å²) in [6.07, 6.45) is 5.24. The normalized spacial score (nSPS) is 24.9. The van der Waals surface area contributed by atoms with Gasteiger partial charge in [0.25, 0.3) is 0 Å². The number of nitrogens with zero attached hydrogens (tertiary/aromatic N) is 1. The zero-order chi connectivity index (χ0) is 14.7. The number of ether oxygens (including phenoxy) is 1. The highest BCUT2D eigenvalue weighted by atomic mass is 16.5. The van der Waals surface area contributed by atoms with E-state index >= 15 is 0 Å². The van der Waals surface area contributed by atoms with Crippen LogP contribution in [0.2, 0.25) is 0 Å². The van der Waals surface area contributed by atoms with E-state index in [1.165, 1.54) is 43.5 Å². The standard InChI is InChI=1S/C18H28N2O/c1-3-9-20(16-5-4-8-19-12-16)13-17-11-15-10-14(2)6-7-18(15)21-17/h6-7,10,16-17,19H,3-5,8-9,11-13H2,1-2H3. The fourth-order valence-corrected chi connectivity index (χ4v) is 3.67. The fraction of sp³-hybridized carbons (Fsp3) is 0.667. The van der Waals surface area contributed by atoms with Gasteiger partial charge in [-0.3, -0.25) is 4.90 Å². The van der Waals surface area contributed by atoms with Crippen LogP contribution in [0.5, 0.6) is 5.75 Å². The molecule has 1 N–H and O–H groups in total. The van der Waals surface area contributed by atoms with Crippen LogP contribution in [0.4, 0.5) is 0 Å². The summed E-state index contributed by atoms with van der Waals surface area (Å²) in [5, 5.41) is 3.54. The average molecular weight is 288 g/mol. The maximum atomic E-state index is 6.17. The third kappa shape index (κ3) is 3.58. The second-order valence-electron chi connectivity index (χ2n) is 6.55. The van der Waals surface area contributed by atoms with Crippen molar-refractivity contribution in [2.45, 2.75) is 51.7 Å². The minimum atomic E-state index is 0.329. The van der Waals surface area contributed by atoms with Gasteiger partial charge in [0.2, 0.25) is 0 Å². The third-order valence-electron chi connectivity index (χ3n) is 4.69. The molecule has 0 aromatic heterocycles. The van der Waals surface area contributed by atoms with Crippen LogP contribution in [-0.2, 0) is 6.42 Å². The second-order valence-corrected chi connectivity index (χ2v) is 6.55. The molecule has 116 valence electrons. The van der Waals surface area contributed by atoms with Crippen LogP contribution in [0.15, 0.2) is 18.2 Å². The zero-order valence-electron chi connectivity index (χ0n) is 13.4. The Bertz CT molecular complexity index is 468. The van der Waals surface area contributed by atoms with Crippen molar-refractivity contribution in [1.29, 1.82) is 0 Å². The molecular formula is C18H28N2O. The fourth-order valence-electron chi connectivity index (χ4n) is 3.67. The molecule has 0 bridgehead atoms. The quantitative estimate of drug-likeness (QED) is 0.901. The Morgan fingerprint density at radius 2 is 2.29 bits per heavy atom. The highest BCUT2D eigenvalue weighted by Crippen LogP contribution is 2.30. The molecule has 1 fully saturated rings. The lowest BCUT2D eigenvalue weighted by Crippen LogP contribution is -2.49. The Morgan fingerprint density at radius 3 is 3.05 bits per heavy atom. The van der Waals surface area contributed by atoms with E-state index in [4.69, 9.17) is 4.74 Å². The molecule has 1 saturated heterocycles. The summed E-state index contributed by atoms with van der Waals surface area (Å²) in [6.45, 7) is 9.00.